The van der Waals surface area contributed by atoms with Crippen molar-refractivity contribution >= 4 is 11.8 Å². The summed E-state index contributed by atoms with van der Waals surface area (Å²) in [5, 5.41) is 0. The van der Waals surface area contributed by atoms with Gasteiger partial charge < -0.3 is 4.74 Å². The third kappa shape index (κ3) is 6.00. The van der Waals surface area contributed by atoms with Crippen molar-refractivity contribution in [1.82, 2.24) is 0 Å². The van der Waals surface area contributed by atoms with Gasteiger partial charge in [-0.05, 0) is 25.0 Å². The van der Waals surface area contributed by atoms with E-state index in [9.17, 15) is 9.59 Å². The Balaban J connectivity index is 2.41. The lowest BCUT2D eigenvalue weighted by atomic mass is 9.92. The minimum absolute atomic E-state index is 0.00420. The zero-order valence-corrected chi connectivity index (χ0v) is 12.4. The minimum Gasteiger partial charge on any atom is -0.426 e. The first-order valence-electron chi connectivity index (χ1n) is 7.45. The molecule has 20 heavy (non-hydrogen) atoms. The number of Topliss-reactive ketones (excluding diaryl/α,β-unsaturated/α-hetero) is 1. The van der Waals surface area contributed by atoms with Crippen molar-refractivity contribution in [2.24, 2.45) is 5.92 Å². The van der Waals surface area contributed by atoms with Gasteiger partial charge >= 0.3 is 5.97 Å². The maximum Gasteiger partial charge on any atom is 0.318 e. The number of hydrogen-bond donors (Lipinski definition) is 0. The number of carbonyl (C=O) groups is 2. The number of ketones is 1. The first kappa shape index (κ1) is 16.4. The third-order valence-electron chi connectivity index (χ3n) is 3.40. The predicted molar refractivity (Wildman–Crippen MR) is 79.6 cm³/mol. The highest BCUT2D eigenvalue weighted by molar-refractivity contribution is 5.97. The molecule has 1 aromatic carbocycles. The predicted octanol–water partition coefficient (Wildman–Crippen LogP) is 4.16. The highest BCUT2D eigenvalue weighted by atomic mass is 16.5. The van der Waals surface area contributed by atoms with Gasteiger partial charge in [-0.15, -0.1) is 0 Å². The van der Waals surface area contributed by atoms with Crippen molar-refractivity contribution in [2.75, 3.05) is 0 Å². The van der Waals surface area contributed by atoms with Crippen molar-refractivity contribution in [2.45, 2.75) is 52.4 Å². The summed E-state index contributed by atoms with van der Waals surface area (Å²) in [7, 11) is 0. The summed E-state index contributed by atoms with van der Waals surface area (Å²) in [5.41, 5.74) is 0. The van der Waals surface area contributed by atoms with Crippen LogP contribution in [0.3, 0.4) is 0 Å². The van der Waals surface area contributed by atoms with Crippen LogP contribution in [0.15, 0.2) is 30.3 Å². The molecule has 0 amide bonds. The monoisotopic (exact) mass is 276 g/mol. The van der Waals surface area contributed by atoms with Crippen LogP contribution in [0.5, 0.6) is 5.75 Å². The number of esters is 1. The molecule has 0 N–H and O–H groups in total. The molecule has 0 saturated heterocycles. The lowest BCUT2D eigenvalue weighted by Crippen LogP contribution is -2.20. The molecule has 0 spiro atoms. The molecule has 1 rings (SSSR count). The molecule has 0 fully saturated rings. The SMILES string of the molecule is CCCCCC(CC)C(=O)CC(=O)Oc1ccccc1. The molecule has 1 unspecified atom stereocenters. The number of rotatable bonds is 9. The second-order valence-electron chi connectivity index (χ2n) is 5.03. The number of para-hydroxylation sites is 1. The average molecular weight is 276 g/mol. The molecule has 0 saturated carbocycles. The van der Waals surface area contributed by atoms with E-state index in [0.29, 0.717) is 5.75 Å². The molecule has 3 heteroatoms. The molecule has 1 aromatic rings. The standard InChI is InChI=1S/C17H24O3/c1-3-5-7-10-14(4-2)16(18)13-17(19)20-15-11-8-6-9-12-15/h6,8-9,11-12,14H,3-5,7,10,13H2,1-2H3. The van der Waals surface area contributed by atoms with E-state index >= 15 is 0 Å². The summed E-state index contributed by atoms with van der Waals surface area (Å²) in [4.78, 5) is 23.8. The summed E-state index contributed by atoms with van der Waals surface area (Å²) in [6, 6.07) is 8.86. The Hall–Kier alpha value is -1.64. The van der Waals surface area contributed by atoms with Crippen molar-refractivity contribution in [3.05, 3.63) is 30.3 Å². The number of benzene rings is 1. The fraction of sp³-hybridized carbons (Fsp3) is 0.529. The molecule has 0 bridgehead atoms. The van der Waals surface area contributed by atoms with Crippen molar-refractivity contribution in [3.63, 3.8) is 0 Å². The van der Waals surface area contributed by atoms with Crippen LogP contribution >= 0.6 is 0 Å². The van der Waals surface area contributed by atoms with Gasteiger partial charge in [0, 0.05) is 5.92 Å². The fourth-order valence-electron chi connectivity index (χ4n) is 2.18. The molecule has 0 aromatic heterocycles. The van der Waals surface area contributed by atoms with Crippen molar-refractivity contribution in [1.29, 1.82) is 0 Å². The van der Waals surface area contributed by atoms with Gasteiger partial charge in [-0.3, -0.25) is 9.59 Å². The van der Waals surface area contributed by atoms with Crippen LogP contribution in [0, 0.1) is 5.92 Å². The minimum atomic E-state index is -0.463. The fourth-order valence-corrected chi connectivity index (χ4v) is 2.18. The van der Waals surface area contributed by atoms with Gasteiger partial charge in [-0.25, -0.2) is 0 Å². The number of hydrogen-bond acceptors (Lipinski definition) is 3. The van der Waals surface area contributed by atoms with Gasteiger partial charge in [0.2, 0.25) is 0 Å². The Bertz CT molecular complexity index is 412. The summed E-state index contributed by atoms with van der Waals surface area (Å²) in [6.45, 7) is 4.14. The molecular formula is C17H24O3. The first-order chi connectivity index (χ1) is 9.67. The van der Waals surface area contributed by atoms with Crippen LogP contribution in [0.25, 0.3) is 0 Å². The first-order valence-corrected chi connectivity index (χ1v) is 7.45. The van der Waals surface area contributed by atoms with Gasteiger partial charge in [0.15, 0.2) is 0 Å². The van der Waals surface area contributed by atoms with Crippen LogP contribution in [0.2, 0.25) is 0 Å². The molecule has 1 atom stereocenters. The number of ether oxygens (including phenoxy) is 1. The molecule has 110 valence electrons. The zero-order chi connectivity index (χ0) is 14.8. The van der Waals surface area contributed by atoms with E-state index in [-0.39, 0.29) is 18.1 Å². The van der Waals surface area contributed by atoms with Gasteiger partial charge in [-0.2, -0.15) is 0 Å². The van der Waals surface area contributed by atoms with Crippen LogP contribution in [-0.4, -0.2) is 11.8 Å². The summed E-state index contributed by atoms with van der Waals surface area (Å²) in [6.07, 6.45) is 4.87. The van der Waals surface area contributed by atoms with Crippen molar-refractivity contribution < 1.29 is 14.3 Å². The van der Waals surface area contributed by atoms with Crippen LogP contribution in [0.4, 0.5) is 0 Å². The van der Waals surface area contributed by atoms with Gasteiger partial charge in [0.1, 0.15) is 18.0 Å². The second kappa shape index (κ2) is 9.29. The zero-order valence-electron chi connectivity index (χ0n) is 12.4. The molecule has 0 aliphatic rings. The van der Waals surface area contributed by atoms with Gasteiger partial charge in [-0.1, -0.05) is 51.3 Å². The Labute approximate surface area is 121 Å². The van der Waals surface area contributed by atoms with Crippen LogP contribution < -0.4 is 4.74 Å². The maximum atomic E-state index is 12.1. The summed E-state index contributed by atoms with van der Waals surface area (Å²) >= 11 is 0. The molecule has 0 heterocycles. The second-order valence-corrected chi connectivity index (χ2v) is 5.03. The topological polar surface area (TPSA) is 43.4 Å². The van der Waals surface area contributed by atoms with E-state index in [1.165, 1.54) is 0 Å². The van der Waals surface area contributed by atoms with Gasteiger partial charge in [0.25, 0.3) is 0 Å². The molecule has 0 aliphatic carbocycles. The third-order valence-corrected chi connectivity index (χ3v) is 3.40. The lowest BCUT2D eigenvalue weighted by Gasteiger charge is -2.13. The van der Waals surface area contributed by atoms with E-state index in [1.807, 2.05) is 13.0 Å². The Morgan fingerprint density at radius 2 is 1.80 bits per heavy atom. The lowest BCUT2D eigenvalue weighted by molar-refractivity contribution is -0.139. The Morgan fingerprint density at radius 1 is 1.10 bits per heavy atom. The summed E-state index contributed by atoms with van der Waals surface area (Å²) < 4.78 is 5.15. The molecule has 3 nitrogen and oxygen atoms in total. The number of unbranched alkanes of at least 4 members (excludes halogenated alkanes) is 2. The average Bonchev–Trinajstić information content (AvgIpc) is 2.44. The summed E-state index contributed by atoms with van der Waals surface area (Å²) in [5.74, 6) is 0.0221. The maximum absolute atomic E-state index is 12.1. The van der Waals surface area contributed by atoms with E-state index in [2.05, 4.69) is 6.92 Å². The quantitative estimate of drug-likeness (QED) is 0.294. The molecule has 0 radical (unpaired) electrons. The highest BCUT2D eigenvalue weighted by Crippen LogP contribution is 2.17. The number of carbonyl (C=O) groups excluding carboxylic acids is 2. The molecule has 0 aliphatic heterocycles. The van der Waals surface area contributed by atoms with Crippen LogP contribution in [-0.2, 0) is 9.59 Å². The largest absolute Gasteiger partial charge is 0.426 e. The van der Waals surface area contributed by atoms with Crippen LogP contribution in [0.1, 0.15) is 52.4 Å². The van der Waals surface area contributed by atoms with Crippen molar-refractivity contribution in [3.8, 4) is 5.75 Å². The van der Waals surface area contributed by atoms with E-state index in [0.717, 1.165) is 32.1 Å². The smallest absolute Gasteiger partial charge is 0.318 e. The highest BCUT2D eigenvalue weighted by Gasteiger charge is 2.20. The van der Waals surface area contributed by atoms with E-state index in [1.54, 1.807) is 24.3 Å². The normalized spacial score (nSPS) is 11.9. The molecular weight excluding hydrogens is 252 g/mol. The Kier molecular flexibility index (Phi) is 7.63. The van der Waals surface area contributed by atoms with E-state index < -0.39 is 5.97 Å². The Morgan fingerprint density at radius 3 is 2.40 bits per heavy atom. The van der Waals surface area contributed by atoms with E-state index in [4.69, 9.17) is 4.74 Å². The van der Waals surface area contributed by atoms with Gasteiger partial charge in [0.05, 0.1) is 0 Å².